The van der Waals surface area contributed by atoms with Crippen LogP contribution in [0.4, 0.5) is 5.00 Å². The zero-order valence-electron chi connectivity index (χ0n) is 15.6. The molecule has 1 amide bonds. The van der Waals surface area contributed by atoms with E-state index < -0.39 is 11.9 Å². The number of carbonyl (C=O) groups is 3. The third-order valence-electron chi connectivity index (χ3n) is 3.67. The second-order valence-electron chi connectivity index (χ2n) is 5.38. The molecule has 0 spiro atoms. The standard InChI is InChI=1S/C19H21NO5S2/c1-5-24-18(22)14-11(3)15(19(23)25-6-2)27-17(14)20-16(21)12-7-9-13(26-4)10-8-12/h7-10H,5-6H2,1-4H3,(H,20,21). The van der Waals surface area contributed by atoms with Crippen molar-refractivity contribution >= 4 is 45.9 Å². The summed E-state index contributed by atoms with van der Waals surface area (Å²) in [6.07, 6.45) is 1.95. The number of anilines is 1. The quantitative estimate of drug-likeness (QED) is 0.542. The molecule has 0 fully saturated rings. The minimum atomic E-state index is -0.588. The van der Waals surface area contributed by atoms with Crippen molar-refractivity contribution in [3.8, 4) is 0 Å². The van der Waals surface area contributed by atoms with Gasteiger partial charge in [0, 0.05) is 10.5 Å². The van der Waals surface area contributed by atoms with Crippen LogP contribution in [0.3, 0.4) is 0 Å². The van der Waals surface area contributed by atoms with Crippen LogP contribution in [0.25, 0.3) is 0 Å². The fraction of sp³-hybridized carbons (Fsp3) is 0.316. The van der Waals surface area contributed by atoms with Gasteiger partial charge in [-0.1, -0.05) is 0 Å². The molecule has 0 radical (unpaired) electrons. The Kier molecular flexibility index (Phi) is 7.44. The molecule has 0 saturated carbocycles. The normalized spacial score (nSPS) is 10.4. The Morgan fingerprint density at radius 1 is 1.04 bits per heavy atom. The fourth-order valence-corrected chi connectivity index (χ4v) is 3.85. The lowest BCUT2D eigenvalue weighted by Gasteiger charge is -2.07. The van der Waals surface area contributed by atoms with Crippen molar-refractivity contribution in [1.29, 1.82) is 0 Å². The van der Waals surface area contributed by atoms with Crippen molar-refractivity contribution in [2.45, 2.75) is 25.7 Å². The van der Waals surface area contributed by atoms with Gasteiger partial charge in [0.25, 0.3) is 5.91 Å². The fourth-order valence-electron chi connectivity index (χ4n) is 2.36. The summed E-state index contributed by atoms with van der Waals surface area (Å²) >= 11 is 2.58. The smallest absolute Gasteiger partial charge is 0.348 e. The molecule has 0 bridgehead atoms. The molecule has 0 aliphatic rings. The molecule has 2 rings (SSSR count). The minimum absolute atomic E-state index is 0.180. The number of amides is 1. The average molecular weight is 408 g/mol. The van der Waals surface area contributed by atoms with Crippen molar-refractivity contribution < 1.29 is 23.9 Å². The van der Waals surface area contributed by atoms with E-state index in [2.05, 4.69) is 5.32 Å². The summed E-state index contributed by atoms with van der Waals surface area (Å²) in [5, 5.41) is 3.00. The number of carbonyl (C=O) groups excluding carboxylic acids is 3. The summed E-state index contributed by atoms with van der Waals surface area (Å²) in [5.41, 5.74) is 1.07. The first-order valence-electron chi connectivity index (χ1n) is 8.35. The molecule has 2 aromatic rings. The number of thioether (sulfide) groups is 1. The lowest BCUT2D eigenvalue weighted by atomic mass is 10.1. The van der Waals surface area contributed by atoms with Crippen molar-refractivity contribution in [2.24, 2.45) is 0 Å². The van der Waals surface area contributed by atoms with Gasteiger partial charge in [0.2, 0.25) is 0 Å². The highest BCUT2D eigenvalue weighted by Gasteiger charge is 2.27. The van der Waals surface area contributed by atoms with Crippen molar-refractivity contribution in [3.05, 3.63) is 45.8 Å². The number of rotatable bonds is 7. The molecule has 27 heavy (non-hydrogen) atoms. The summed E-state index contributed by atoms with van der Waals surface area (Å²) < 4.78 is 10.1. The number of nitrogens with one attached hydrogen (secondary N) is 1. The molecule has 1 aromatic heterocycles. The summed E-state index contributed by atoms with van der Waals surface area (Å²) in [6, 6.07) is 7.10. The van der Waals surface area contributed by atoms with Crippen LogP contribution in [-0.4, -0.2) is 37.3 Å². The van der Waals surface area contributed by atoms with Gasteiger partial charge < -0.3 is 14.8 Å². The average Bonchev–Trinajstić information content (AvgIpc) is 2.98. The maximum atomic E-state index is 12.6. The first-order chi connectivity index (χ1) is 12.9. The number of benzene rings is 1. The van der Waals surface area contributed by atoms with Crippen molar-refractivity contribution in [2.75, 3.05) is 24.8 Å². The highest BCUT2D eigenvalue weighted by Crippen LogP contribution is 2.34. The first-order valence-corrected chi connectivity index (χ1v) is 10.4. The van der Waals surface area contributed by atoms with Crippen LogP contribution < -0.4 is 5.32 Å². The summed E-state index contributed by atoms with van der Waals surface area (Å²) in [5.74, 6) is -1.49. The van der Waals surface area contributed by atoms with Gasteiger partial charge in [-0.15, -0.1) is 23.1 Å². The summed E-state index contributed by atoms with van der Waals surface area (Å²) in [7, 11) is 0. The second-order valence-corrected chi connectivity index (χ2v) is 7.28. The summed E-state index contributed by atoms with van der Waals surface area (Å²) in [4.78, 5) is 38.4. The first kappa shape index (κ1) is 21.0. The largest absolute Gasteiger partial charge is 0.462 e. The van der Waals surface area contributed by atoms with E-state index in [4.69, 9.17) is 9.47 Å². The molecule has 1 heterocycles. The number of hydrogen-bond donors (Lipinski definition) is 1. The molecular weight excluding hydrogens is 386 g/mol. The van der Waals surface area contributed by atoms with Crippen LogP contribution in [0.15, 0.2) is 29.2 Å². The van der Waals surface area contributed by atoms with E-state index in [9.17, 15) is 14.4 Å². The van der Waals surface area contributed by atoms with Crippen LogP contribution in [0.5, 0.6) is 0 Å². The van der Waals surface area contributed by atoms with Gasteiger partial charge in [-0.25, -0.2) is 9.59 Å². The van der Waals surface area contributed by atoms with Gasteiger partial charge >= 0.3 is 11.9 Å². The van der Waals surface area contributed by atoms with E-state index >= 15 is 0 Å². The van der Waals surface area contributed by atoms with E-state index in [1.807, 2.05) is 18.4 Å². The Morgan fingerprint density at radius 2 is 1.63 bits per heavy atom. The molecule has 1 aromatic carbocycles. The molecule has 6 nitrogen and oxygen atoms in total. The Hall–Kier alpha value is -2.32. The predicted molar refractivity (Wildman–Crippen MR) is 107 cm³/mol. The lowest BCUT2D eigenvalue weighted by molar-refractivity contribution is 0.0527. The molecular formula is C19H21NO5S2. The van der Waals surface area contributed by atoms with Crippen LogP contribution in [-0.2, 0) is 9.47 Å². The van der Waals surface area contributed by atoms with E-state index in [-0.39, 0.29) is 34.6 Å². The van der Waals surface area contributed by atoms with Gasteiger partial charge in [0.15, 0.2) is 0 Å². The molecule has 1 N–H and O–H groups in total. The van der Waals surface area contributed by atoms with Crippen LogP contribution in [0.1, 0.15) is 49.8 Å². The van der Waals surface area contributed by atoms with Gasteiger partial charge in [0.05, 0.1) is 18.8 Å². The van der Waals surface area contributed by atoms with Crippen LogP contribution >= 0.6 is 23.1 Å². The molecule has 144 valence electrons. The SMILES string of the molecule is CCOC(=O)c1sc(NC(=O)c2ccc(SC)cc2)c(C(=O)OCC)c1C. The molecule has 0 aliphatic heterocycles. The maximum Gasteiger partial charge on any atom is 0.348 e. The molecule has 0 aliphatic carbocycles. The number of thiophene rings is 1. The van der Waals surface area contributed by atoms with Gasteiger partial charge in [0.1, 0.15) is 9.88 Å². The van der Waals surface area contributed by atoms with E-state index in [0.717, 1.165) is 16.2 Å². The minimum Gasteiger partial charge on any atom is -0.462 e. The zero-order chi connectivity index (χ0) is 20.0. The topological polar surface area (TPSA) is 81.7 Å². The number of hydrogen-bond acceptors (Lipinski definition) is 7. The van der Waals surface area contributed by atoms with Crippen LogP contribution in [0, 0.1) is 6.92 Å². The molecule has 0 unspecified atom stereocenters. The van der Waals surface area contributed by atoms with Gasteiger partial charge in [-0.3, -0.25) is 4.79 Å². The molecule has 0 atom stereocenters. The van der Waals surface area contributed by atoms with Gasteiger partial charge in [-0.05, 0) is 56.9 Å². The number of esters is 2. The Morgan fingerprint density at radius 3 is 2.19 bits per heavy atom. The zero-order valence-corrected chi connectivity index (χ0v) is 17.2. The lowest BCUT2D eigenvalue weighted by Crippen LogP contribution is -2.15. The maximum absolute atomic E-state index is 12.6. The van der Waals surface area contributed by atoms with Crippen LogP contribution in [0.2, 0.25) is 0 Å². The second kappa shape index (κ2) is 9.57. The highest BCUT2D eigenvalue weighted by atomic mass is 32.2. The van der Waals surface area contributed by atoms with E-state index in [1.54, 1.807) is 44.7 Å². The molecule has 8 heteroatoms. The van der Waals surface area contributed by atoms with E-state index in [1.165, 1.54) is 0 Å². The molecule has 0 saturated heterocycles. The highest BCUT2D eigenvalue weighted by molar-refractivity contribution is 7.98. The van der Waals surface area contributed by atoms with Gasteiger partial charge in [-0.2, -0.15) is 0 Å². The number of ether oxygens (including phenoxy) is 2. The third kappa shape index (κ3) is 4.90. The monoisotopic (exact) mass is 407 g/mol. The van der Waals surface area contributed by atoms with Crippen molar-refractivity contribution in [3.63, 3.8) is 0 Å². The third-order valence-corrected chi connectivity index (χ3v) is 5.60. The van der Waals surface area contributed by atoms with E-state index in [0.29, 0.717) is 11.1 Å². The summed E-state index contributed by atoms with van der Waals surface area (Å²) in [6.45, 7) is 5.43. The Balaban J connectivity index is 2.37. The predicted octanol–water partition coefficient (Wildman–Crippen LogP) is 4.38. The van der Waals surface area contributed by atoms with Crippen molar-refractivity contribution in [1.82, 2.24) is 0 Å². The Labute approximate surface area is 166 Å². The Bertz CT molecular complexity index is 843.